The zero-order valence-corrected chi connectivity index (χ0v) is 13.3. The van der Waals surface area contributed by atoms with Gasteiger partial charge in [0.25, 0.3) is 0 Å². The van der Waals surface area contributed by atoms with Crippen LogP contribution in [-0.2, 0) is 4.74 Å². The van der Waals surface area contributed by atoms with E-state index >= 15 is 0 Å². The number of nitrogens with one attached hydrogen (secondary N) is 1. The smallest absolute Gasteiger partial charge is 0.0529 e. The Labute approximate surface area is 115 Å². The van der Waals surface area contributed by atoms with Crippen molar-refractivity contribution in [2.45, 2.75) is 79.2 Å². The van der Waals surface area contributed by atoms with Gasteiger partial charge in [-0.25, -0.2) is 0 Å². The van der Waals surface area contributed by atoms with E-state index < -0.39 is 0 Å². The van der Waals surface area contributed by atoms with Gasteiger partial charge in [-0.15, -0.1) is 0 Å². The van der Waals surface area contributed by atoms with E-state index in [1.54, 1.807) is 0 Å². The molecule has 2 nitrogen and oxygen atoms in total. The molecule has 0 radical (unpaired) electrons. The van der Waals surface area contributed by atoms with Gasteiger partial charge in [-0.2, -0.15) is 0 Å². The lowest BCUT2D eigenvalue weighted by Gasteiger charge is -2.26. The summed E-state index contributed by atoms with van der Waals surface area (Å²) in [6.45, 7) is 14.0. The van der Waals surface area contributed by atoms with Crippen LogP contribution in [0.2, 0.25) is 0 Å². The Morgan fingerprint density at radius 3 is 2.22 bits per heavy atom. The van der Waals surface area contributed by atoms with Crippen LogP contribution in [0.1, 0.15) is 73.1 Å². The van der Waals surface area contributed by atoms with Gasteiger partial charge in [0.2, 0.25) is 0 Å². The maximum Gasteiger partial charge on any atom is 0.0529 e. The quantitative estimate of drug-likeness (QED) is 0.524. The van der Waals surface area contributed by atoms with Gasteiger partial charge < -0.3 is 10.1 Å². The standard InChI is InChI=1S/C16H35NO/c1-6-7-8-9-10-11-12-18-14-16(4,5)13-17-15(2)3/h15,17H,6-14H2,1-5H3. The van der Waals surface area contributed by atoms with Crippen molar-refractivity contribution >= 4 is 0 Å². The Hall–Kier alpha value is -0.0800. The molecule has 0 aromatic carbocycles. The summed E-state index contributed by atoms with van der Waals surface area (Å²) in [6.07, 6.45) is 8.01. The third-order valence-electron chi connectivity index (χ3n) is 3.12. The molecule has 0 saturated carbocycles. The normalized spacial score (nSPS) is 12.3. The molecule has 18 heavy (non-hydrogen) atoms. The van der Waals surface area contributed by atoms with Crippen molar-refractivity contribution in [1.82, 2.24) is 5.32 Å². The fourth-order valence-electron chi connectivity index (χ4n) is 1.86. The second-order valence-corrected chi connectivity index (χ2v) is 6.52. The van der Waals surface area contributed by atoms with Crippen molar-refractivity contribution < 1.29 is 4.74 Å². The Kier molecular flexibility index (Phi) is 10.8. The van der Waals surface area contributed by atoms with E-state index in [0.29, 0.717) is 6.04 Å². The van der Waals surface area contributed by atoms with Crippen LogP contribution in [-0.4, -0.2) is 25.8 Å². The molecule has 0 fully saturated rings. The third-order valence-corrected chi connectivity index (χ3v) is 3.12. The third kappa shape index (κ3) is 12.4. The summed E-state index contributed by atoms with van der Waals surface area (Å²) >= 11 is 0. The molecular weight excluding hydrogens is 222 g/mol. The molecular formula is C16H35NO. The van der Waals surface area contributed by atoms with Gasteiger partial charge in [-0.1, -0.05) is 66.7 Å². The molecule has 0 atom stereocenters. The van der Waals surface area contributed by atoms with E-state index in [4.69, 9.17) is 4.74 Å². The van der Waals surface area contributed by atoms with Crippen LogP contribution in [0.15, 0.2) is 0 Å². The molecule has 110 valence electrons. The van der Waals surface area contributed by atoms with E-state index in [-0.39, 0.29) is 5.41 Å². The van der Waals surface area contributed by atoms with Crippen molar-refractivity contribution in [1.29, 1.82) is 0 Å². The van der Waals surface area contributed by atoms with Crippen molar-refractivity contribution in [2.24, 2.45) is 5.41 Å². The van der Waals surface area contributed by atoms with Gasteiger partial charge in [0, 0.05) is 24.6 Å². The van der Waals surface area contributed by atoms with Crippen molar-refractivity contribution in [3.63, 3.8) is 0 Å². The minimum atomic E-state index is 0.243. The summed E-state index contributed by atoms with van der Waals surface area (Å²) in [4.78, 5) is 0. The Balaban J connectivity index is 3.35. The molecule has 0 rings (SSSR count). The van der Waals surface area contributed by atoms with Crippen LogP contribution < -0.4 is 5.32 Å². The molecule has 0 heterocycles. The highest BCUT2D eigenvalue weighted by Crippen LogP contribution is 2.14. The van der Waals surface area contributed by atoms with Crippen LogP contribution in [0.25, 0.3) is 0 Å². The fraction of sp³-hybridized carbons (Fsp3) is 1.00. The maximum atomic E-state index is 5.80. The molecule has 0 bridgehead atoms. The van der Waals surface area contributed by atoms with Crippen molar-refractivity contribution in [3.05, 3.63) is 0 Å². The van der Waals surface area contributed by atoms with Crippen LogP contribution in [0.4, 0.5) is 0 Å². The lowest BCUT2D eigenvalue weighted by Crippen LogP contribution is -2.36. The minimum absolute atomic E-state index is 0.243. The molecule has 0 aromatic rings. The lowest BCUT2D eigenvalue weighted by molar-refractivity contribution is 0.0587. The zero-order valence-electron chi connectivity index (χ0n) is 13.3. The number of unbranched alkanes of at least 4 members (excludes halogenated alkanes) is 5. The second-order valence-electron chi connectivity index (χ2n) is 6.52. The molecule has 0 amide bonds. The first-order valence-electron chi connectivity index (χ1n) is 7.79. The highest BCUT2D eigenvalue weighted by molar-refractivity contribution is 4.72. The molecule has 1 N–H and O–H groups in total. The zero-order chi connectivity index (χ0) is 13.9. The Morgan fingerprint density at radius 1 is 1.00 bits per heavy atom. The lowest BCUT2D eigenvalue weighted by atomic mass is 9.94. The Bertz CT molecular complexity index is 178. The first-order chi connectivity index (χ1) is 8.48. The minimum Gasteiger partial charge on any atom is -0.381 e. The van der Waals surface area contributed by atoms with Crippen LogP contribution in [0.5, 0.6) is 0 Å². The summed E-state index contributed by atoms with van der Waals surface area (Å²) in [5.74, 6) is 0. The molecule has 0 aromatic heterocycles. The van der Waals surface area contributed by atoms with E-state index in [1.807, 2.05) is 0 Å². The summed E-state index contributed by atoms with van der Waals surface area (Å²) in [7, 11) is 0. The average Bonchev–Trinajstić information content (AvgIpc) is 2.30. The highest BCUT2D eigenvalue weighted by Gasteiger charge is 2.17. The highest BCUT2D eigenvalue weighted by atomic mass is 16.5. The molecule has 0 unspecified atom stereocenters. The van der Waals surface area contributed by atoms with E-state index in [9.17, 15) is 0 Å². The van der Waals surface area contributed by atoms with Gasteiger partial charge in [0.1, 0.15) is 0 Å². The summed E-state index contributed by atoms with van der Waals surface area (Å²) < 4.78 is 5.80. The predicted molar refractivity (Wildman–Crippen MR) is 81.1 cm³/mol. The van der Waals surface area contributed by atoms with Gasteiger partial charge in [0.05, 0.1) is 6.61 Å². The molecule has 2 heteroatoms. The van der Waals surface area contributed by atoms with Crippen LogP contribution >= 0.6 is 0 Å². The van der Waals surface area contributed by atoms with Crippen molar-refractivity contribution in [3.8, 4) is 0 Å². The van der Waals surface area contributed by atoms with Crippen LogP contribution in [0, 0.1) is 5.41 Å². The number of hydrogen-bond donors (Lipinski definition) is 1. The molecule has 0 aliphatic carbocycles. The predicted octanol–water partition coefficient (Wildman–Crippen LogP) is 4.39. The van der Waals surface area contributed by atoms with Gasteiger partial charge in [-0.3, -0.25) is 0 Å². The topological polar surface area (TPSA) is 21.3 Å². The number of hydrogen-bond acceptors (Lipinski definition) is 2. The first-order valence-corrected chi connectivity index (χ1v) is 7.79. The van der Waals surface area contributed by atoms with E-state index in [0.717, 1.165) is 19.8 Å². The summed E-state index contributed by atoms with van der Waals surface area (Å²) in [5.41, 5.74) is 0.243. The fourth-order valence-corrected chi connectivity index (χ4v) is 1.86. The first kappa shape index (κ1) is 17.9. The largest absolute Gasteiger partial charge is 0.381 e. The van der Waals surface area contributed by atoms with Gasteiger partial charge in [-0.05, 0) is 6.42 Å². The monoisotopic (exact) mass is 257 g/mol. The Morgan fingerprint density at radius 2 is 1.61 bits per heavy atom. The van der Waals surface area contributed by atoms with Crippen LogP contribution in [0.3, 0.4) is 0 Å². The average molecular weight is 257 g/mol. The molecule has 0 spiro atoms. The van der Waals surface area contributed by atoms with Crippen molar-refractivity contribution in [2.75, 3.05) is 19.8 Å². The SMILES string of the molecule is CCCCCCCCOCC(C)(C)CNC(C)C. The van der Waals surface area contributed by atoms with Gasteiger partial charge >= 0.3 is 0 Å². The summed E-state index contributed by atoms with van der Waals surface area (Å²) in [5, 5.41) is 3.48. The second kappa shape index (κ2) is 10.8. The molecule has 0 aliphatic heterocycles. The van der Waals surface area contributed by atoms with Gasteiger partial charge in [0.15, 0.2) is 0 Å². The number of rotatable bonds is 12. The van der Waals surface area contributed by atoms with E-state index in [2.05, 4.69) is 39.9 Å². The molecule has 0 saturated heterocycles. The molecule has 0 aliphatic rings. The maximum absolute atomic E-state index is 5.80. The summed E-state index contributed by atoms with van der Waals surface area (Å²) in [6, 6.07) is 0.558. The number of ether oxygens (including phenoxy) is 1. The van der Waals surface area contributed by atoms with E-state index in [1.165, 1.54) is 38.5 Å².